The number of aliphatic hydroxyl groups excluding tert-OH is 1. The van der Waals surface area contributed by atoms with E-state index in [4.69, 9.17) is 23.8 Å². The maximum Gasteiger partial charge on any atom is 0.327 e. The predicted octanol–water partition coefficient (Wildman–Crippen LogP) is 7.94. The Morgan fingerprint density at radius 2 is 1.64 bits per heavy atom. The molecular weight excluding hydrogens is 811 g/mol. The summed E-state index contributed by atoms with van der Waals surface area (Å²) in [6.07, 6.45) is 13.5. The summed E-state index contributed by atoms with van der Waals surface area (Å²) in [6, 6.07) is 14.6. The van der Waals surface area contributed by atoms with Gasteiger partial charge in [0.2, 0.25) is 5.91 Å². The van der Waals surface area contributed by atoms with Gasteiger partial charge in [0.05, 0.1) is 24.9 Å². The summed E-state index contributed by atoms with van der Waals surface area (Å²) in [5.74, 6) is -0.716. The molecule has 348 valence electrons. The van der Waals surface area contributed by atoms with Gasteiger partial charge in [-0.25, -0.2) is 0 Å². The number of amides is 2. The number of rotatable bonds is 17. The molecule has 0 radical (unpaired) electrons. The fourth-order valence-corrected chi connectivity index (χ4v) is 12.5. The van der Waals surface area contributed by atoms with Crippen LogP contribution in [0.3, 0.4) is 0 Å². The van der Waals surface area contributed by atoms with Crippen LogP contribution >= 0.6 is 0 Å². The van der Waals surface area contributed by atoms with Gasteiger partial charge in [-0.15, -0.1) is 0 Å². The number of hydrogen-bond acceptors (Lipinski definition) is 10. The molecule has 3 N–H and O–H groups in total. The minimum atomic E-state index is -1.32. The van der Waals surface area contributed by atoms with Crippen LogP contribution in [0.4, 0.5) is 0 Å². The number of epoxide rings is 1. The highest BCUT2D eigenvalue weighted by Gasteiger charge is 2.76. The van der Waals surface area contributed by atoms with Crippen LogP contribution in [0.15, 0.2) is 54.1 Å². The fraction of sp³-hybridized carbons (Fsp3) is 0.673. The van der Waals surface area contributed by atoms with E-state index >= 15 is 4.79 Å². The lowest BCUT2D eigenvalue weighted by Gasteiger charge is -2.53. The molecule has 7 aliphatic rings. The molecule has 4 saturated heterocycles. The summed E-state index contributed by atoms with van der Waals surface area (Å²) in [5, 5.41) is 16.7. The predicted molar refractivity (Wildman–Crippen MR) is 241 cm³/mol. The SMILES string of the molecule is CCCCCC1(CCCCC)OC2C3CC4(C(=O)NCc5cccc(C(=O)NCCO)c5)C(ON(Cc5ccc(C=C6CCC7OC7(C)CCC7C6CC7(C)C)cc5)C4C(=O)O3)C2O1. The van der Waals surface area contributed by atoms with E-state index < -0.39 is 47.6 Å². The van der Waals surface area contributed by atoms with E-state index in [1.807, 2.05) is 6.07 Å². The Bertz CT molecular complexity index is 2060. The molecule has 12 heteroatoms. The van der Waals surface area contributed by atoms with Crippen molar-refractivity contribution in [1.29, 1.82) is 0 Å². The first kappa shape index (κ1) is 45.5. The van der Waals surface area contributed by atoms with Gasteiger partial charge in [0, 0.05) is 37.9 Å². The van der Waals surface area contributed by atoms with Gasteiger partial charge in [0.15, 0.2) is 11.8 Å². The fourth-order valence-electron chi connectivity index (χ4n) is 12.5. The molecule has 4 heterocycles. The summed E-state index contributed by atoms with van der Waals surface area (Å²) in [5.41, 5.74) is 3.85. The first-order chi connectivity index (χ1) is 30.8. The van der Waals surface area contributed by atoms with Crippen molar-refractivity contribution in [1.82, 2.24) is 15.7 Å². The van der Waals surface area contributed by atoms with Gasteiger partial charge in [0.1, 0.15) is 29.8 Å². The minimum Gasteiger partial charge on any atom is -0.458 e. The molecule has 0 spiro atoms. The van der Waals surface area contributed by atoms with E-state index in [9.17, 15) is 14.7 Å². The van der Waals surface area contributed by atoms with Crippen LogP contribution in [0.2, 0.25) is 0 Å². The molecule has 10 atom stereocenters. The second kappa shape index (κ2) is 18.2. The highest BCUT2D eigenvalue weighted by atomic mass is 16.8. The molecule has 2 aromatic rings. The summed E-state index contributed by atoms with van der Waals surface area (Å²) in [6.45, 7) is 11.9. The van der Waals surface area contributed by atoms with Crippen molar-refractivity contribution in [3.63, 3.8) is 0 Å². The number of esters is 1. The number of carbonyl (C=O) groups excluding carboxylic acids is 3. The number of hydroxylamine groups is 2. The van der Waals surface area contributed by atoms with E-state index in [0.717, 1.165) is 87.3 Å². The van der Waals surface area contributed by atoms with Crippen molar-refractivity contribution in [2.45, 2.75) is 186 Å². The van der Waals surface area contributed by atoms with Crippen molar-refractivity contribution in [2.75, 3.05) is 13.2 Å². The highest BCUT2D eigenvalue weighted by molar-refractivity contribution is 5.95. The van der Waals surface area contributed by atoms with Crippen LogP contribution in [-0.2, 0) is 46.5 Å². The molecule has 2 amide bonds. The summed E-state index contributed by atoms with van der Waals surface area (Å²) in [7, 11) is 0. The summed E-state index contributed by atoms with van der Waals surface area (Å²) in [4.78, 5) is 49.1. The molecule has 10 unspecified atom stereocenters. The van der Waals surface area contributed by atoms with Gasteiger partial charge in [-0.2, -0.15) is 5.06 Å². The Balaban J connectivity index is 0.983. The maximum atomic E-state index is 15.0. The molecule has 2 aromatic carbocycles. The Hall–Kier alpha value is -3.65. The van der Waals surface area contributed by atoms with Gasteiger partial charge in [-0.1, -0.05) is 101 Å². The average molecular weight is 882 g/mol. The number of unbranched alkanes of at least 4 members (excludes halogenated alkanes) is 4. The molecule has 9 rings (SSSR count). The average Bonchev–Trinajstić information content (AvgIpc) is 3.56. The van der Waals surface area contributed by atoms with Gasteiger partial charge in [-0.05, 0) is 97.9 Å². The number of ether oxygens (including phenoxy) is 4. The molecule has 2 bridgehead atoms. The van der Waals surface area contributed by atoms with E-state index in [1.54, 1.807) is 23.3 Å². The van der Waals surface area contributed by atoms with Crippen LogP contribution < -0.4 is 10.6 Å². The first-order valence-electron chi connectivity index (χ1n) is 24.5. The number of nitrogens with zero attached hydrogens (tertiary/aromatic N) is 1. The van der Waals surface area contributed by atoms with E-state index in [0.29, 0.717) is 28.9 Å². The molecular formula is C52H71N3O9. The second-order valence-electron chi connectivity index (χ2n) is 20.9. The first-order valence-corrected chi connectivity index (χ1v) is 24.5. The highest BCUT2D eigenvalue weighted by Crippen LogP contribution is 2.61. The standard InChI is InChI=1S/C52H71N3O9/c1-6-8-10-22-51(23-11-9-7-2)62-42-40-30-52(48(59)54-31-35-13-12-14-37(28-35)46(57)53-25-26-56)44(47(58)60-40)55(64-45(52)43(42)63-51)32-34-17-15-33(16-18-34)27-36-19-20-41-50(5,61-41)24-21-39-38(36)29-49(39,3)4/h12-18,27-28,38-45,56H,6-11,19-26,29-32H2,1-5H3,(H,53,57)(H,54,59). The van der Waals surface area contributed by atoms with E-state index in [1.165, 1.54) is 18.4 Å². The smallest absolute Gasteiger partial charge is 0.327 e. The number of benzene rings is 2. The largest absolute Gasteiger partial charge is 0.458 e. The Kier molecular flexibility index (Phi) is 12.9. The maximum absolute atomic E-state index is 15.0. The van der Waals surface area contributed by atoms with Crippen molar-refractivity contribution in [3.8, 4) is 0 Å². The number of hydrogen-bond donors (Lipinski definition) is 3. The number of nitrogens with one attached hydrogen (secondary N) is 2. The second-order valence-corrected chi connectivity index (χ2v) is 20.9. The van der Waals surface area contributed by atoms with Crippen LogP contribution in [0.1, 0.15) is 152 Å². The van der Waals surface area contributed by atoms with Crippen LogP contribution in [0.25, 0.3) is 6.08 Å². The number of carbonyl (C=O) groups is 3. The monoisotopic (exact) mass is 882 g/mol. The number of aliphatic hydroxyl groups is 1. The zero-order valence-electron chi connectivity index (χ0n) is 38.7. The zero-order chi connectivity index (χ0) is 44.9. The Morgan fingerprint density at radius 3 is 2.36 bits per heavy atom. The minimum absolute atomic E-state index is 0.0459. The van der Waals surface area contributed by atoms with Gasteiger partial charge >= 0.3 is 5.97 Å². The van der Waals surface area contributed by atoms with Crippen LogP contribution in [-0.4, -0.2) is 89.1 Å². The van der Waals surface area contributed by atoms with Gasteiger partial charge < -0.3 is 34.7 Å². The summed E-state index contributed by atoms with van der Waals surface area (Å²) < 4.78 is 26.5. The molecule has 3 saturated carbocycles. The Morgan fingerprint density at radius 1 is 0.891 bits per heavy atom. The van der Waals surface area contributed by atoms with Gasteiger partial charge in [-0.3, -0.25) is 19.2 Å². The van der Waals surface area contributed by atoms with Crippen LogP contribution in [0.5, 0.6) is 0 Å². The molecule has 3 aliphatic carbocycles. The lowest BCUT2D eigenvalue weighted by Crippen LogP contribution is -2.69. The zero-order valence-corrected chi connectivity index (χ0v) is 38.7. The third kappa shape index (κ3) is 8.60. The van der Waals surface area contributed by atoms with Crippen molar-refractivity contribution in [2.24, 2.45) is 22.7 Å². The van der Waals surface area contributed by atoms with Gasteiger partial charge in [0.25, 0.3) is 5.91 Å². The van der Waals surface area contributed by atoms with Crippen LogP contribution in [0, 0.1) is 22.7 Å². The molecule has 64 heavy (non-hydrogen) atoms. The number of fused-ring (bicyclic) bond motifs is 6. The lowest BCUT2D eigenvalue weighted by atomic mass is 9.52. The summed E-state index contributed by atoms with van der Waals surface area (Å²) >= 11 is 0. The van der Waals surface area contributed by atoms with Crippen molar-refractivity contribution in [3.05, 3.63) is 76.4 Å². The molecule has 12 nitrogen and oxygen atoms in total. The Labute approximate surface area is 379 Å². The third-order valence-electron chi connectivity index (χ3n) is 16.1. The van der Waals surface area contributed by atoms with E-state index in [-0.39, 0.29) is 50.1 Å². The topological polar surface area (TPSA) is 148 Å². The molecule has 0 aromatic heterocycles. The lowest BCUT2D eigenvalue weighted by molar-refractivity contribution is -0.224. The third-order valence-corrected chi connectivity index (χ3v) is 16.1. The number of allylic oxidation sites excluding steroid dienone is 1. The normalized spacial score (nSPS) is 34.8. The molecule has 7 fully saturated rings. The van der Waals surface area contributed by atoms with E-state index in [2.05, 4.69) is 75.6 Å². The van der Waals surface area contributed by atoms with Crippen molar-refractivity contribution < 1.29 is 43.3 Å². The quantitative estimate of drug-likeness (QED) is 0.0813. The molecule has 4 aliphatic heterocycles. The van der Waals surface area contributed by atoms with Crippen molar-refractivity contribution >= 4 is 23.9 Å².